The lowest BCUT2D eigenvalue weighted by Crippen LogP contribution is -2.45. The molecule has 2 heterocycles. The van der Waals surface area contributed by atoms with Crippen molar-refractivity contribution in [2.24, 2.45) is 5.92 Å². The summed E-state index contributed by atoms with van der Waals surface area (Å²) in [7, 11) is -3.33. The van der Waals surface area contributed by atoms with Crippen molar-refractivity contribution in [3.63, 3.8) is 0 Å². The van der Waals surface area contributed by atoms with Gasteiger partial charge in [-0.25, -0.2) is 8.42 Å². The van der Waals surface area contributed by atoms with Crippen LogP contribution in [0.4, 0.5) is 11.4 Å². The smallest absolute Gasteiger partial charge is 0.233 e. The van der Waals surface area contributed by atoms with E-state index in [0.29, 0.717) is 5.69 Å². The van der Waals surface area contributed by atoms with Gasteiger partial charge < -0.3 is 9.80 Å². The molecule has 6 nitrogen and oxygen atoms in total. The van der Waals surface area contributed by atoms with Crippen molar-refractivity contribution in [3.05, 3.63) is 71.1 Å². The van der Waals surface area contributed by atoms with Gasteiger partial charge in [-0.15, -0.1) is 0 Å². The summed E-state index contributed by atoms with van der Waals surface area (Å²) < 4.78 is 24.0. The summed E-state index contributed by atoms with van der Waals surface area (Å²) in [6.45, 7) is 4.21. The first-order valence-corrected chi connectivity index (χ1v) is 11.6. The van der Waals surface area contributed by atoms with Gasteiger partial charge in [0.1, 0.15) is 0 Å². The highest BCUT2D eigenvalue weighted by Crippen LogP contribution is 2.31. The molecular formula is C23H24N2O4S. The lowest BCUT2D eigenvalue weighted by atomic mass is 10.0. The first-order valence-electron chi connectivity index (χ1n) is 9.91. The van der Waals surface area contributed by atoms with Gasteiger partial charge in [-0.3, -0.25) is 9.59 Å². The third-order valence-corrected chi connectivity index (χ3v) is 6.99. The second kappa shape index (κ2) is 7.72. The fourth-order valence-electron chi connectivity index (χ4n) is 3.95. The number of carbonyl (C=O) groups excluding carboxylic acids is 2. The van der Waals surface area contributed by atoms with E-state index >= 15 is 0 Å². The first kappa shape index (κ1) is 20.3. The molecule has 0 bridgehead atoms. The van der Waals surface area contributed by atoms with Crippen molar-refractivity contribution in [2.75, 3.05) is 22.1 Å². The molecule has 2 aliphatic heterocycles. The predicted molar refractivity (Wildman–Crippen MR) is 117 cm³/mol. The predicted octanol–water partition coefficient (Wildman–Crippen LogP) is 3.00. The molecular weight excluding hydrogens is 400 g/mol. The molecule has 0 saturated carbocycles. The van der Waals surface area contributed by atoms with Gasteiger partial charge in [-0.05, 0) is 44.2 Å². The van der Waals surface area contributed by atoms with E-state index in [2.05, 4.69) is 0 Å². The summed E-state index contributed by atoms with van der Waals surface area (Å²) in [4.78, 5) is 29.3. The number of anilines is 2. The van der Waals surface area contributed by atoms with Crippen molar-refractivity contribution in [3.8, 4) is 0 Å². The molecule has 0 unspecified atom stereocenters. The van der Waals surface area contributed by atoms with Crippen molar-refractivity contribution >= 4 is 33.0 Å². The maximum Gasteiger partial charge on any atom is 0.233 e. The molecule has 7 heteroatoms. The van der Waals surface area contributed by atoms with Crippen LogP contribution < -0.4 is 9.80 Å². The van der Waals surface area contributed by atoms with Crippen LogP contribution in [0.3, 0.4) is 0 Å². The Morgan fingerprint density at radius 3 is 2.17 bits per heavy atom. The quantitative estimate of drug-likeness (QED) is 0.756. The first-order chi connectivity index (χ1) is 14.2. The Morgan fingerprint density at radius 2 is 1.60 bits per heavy atom. The Kier molecular flexibility index (Phi) is 5.24. The van der Waals surface area contributed by atoms with Crippen LogP contribution in [0.25, 0.3) is 0 Å². The number of hydrogen-bond acceptors (Lipinski definition) is 4. The lowest BCUT2D eigenvalue weighted by molar-refractivity contribution is -0.124. The second-order valence-electron chi connectivity index (χ2n) is 8.01. The van der Waals surface area contributed by atoms with E-state index in [4.69, 9.17) is 0 Å². The Bertz CT molecular complexity index is 1100. The minimum Gasteiger partial charge on any atom is -0.312 e. The van der Waals surface area contributed by atoms with Crippen molar-refractivity contribution in [2.45, 2.75) is 26.3 Å². The molecule has 2 aromatic carbocycles. The number of hydrogen-bond donors (Lipinski definition) is 0. The van der Waals surface area contributed by atoms with Crippen LogP contribution in [0.15, 0.2) is 60.0 Å². The van der Waals surface area contributed by atoms with Gasteiger partial charge in [0.25, 0.3) is 0 Å². The number of carbonyl (C=O) groups is 2. The van der Waals surface area contributed by atoms with E-state index in [1.54, 1.807) is 11.0 Å². The third kappa shape index (κ3) is 4.03. The zero-order valence-electron chi connectivity index (χ0n) is 17.0. The lowest BCUT2D eigenvalue weighted by Gasteiger charge is -2.30. The molecule has 156 valence electrons. The van der Waals surface area contributed by atoms with Crippen molar-refractivity contribution in [1.82, 2.24) is 0 Å². The van der Waals surface area contributed by atoms with Crippen LogP contribution in [0.1, 0.15) is 17.5 Å². The van der Waals surface area contributed by atoms with Crippen LogP contribution in [0, 0.1) is 19.8 Å². The van der Waals surface area contributed by atoms with E-state index in [1.165, 1.54) is 10.3 Å². The highest BCUT2D eigenvalue weighted by atomic mass is 32.2. The summed E-state index contributed by atoms with van der Waals surface area (Å²) >= 11 is 0. The molecule has 0 aliphatic carbocycles. The highest BCUT2D eigenvalue weighted by molar-refractivity contribution is 7.94. The summed E-state index contributed by atoms with van der Waals surface area (Å²) in [5.41, 5.74) is 3.55. The monoisotopic (exact) mass is 424 g/mol. The fourth-order valence-corrected chi connectivity index (χ4v) is 5.22. The van der Waals surface area contributed by atoms with Crippen LogP contribution in [-0.2, 0) is 19.4 Å². The zero-order valence-corrected chi connectivity index (χ0v) is 17.8. The van der Waals surface area contributed by atoms with E-state index in [0.717, 1.165) is 16.8 Å². The van der Waals surface area contributed by atoms with Gasteiger partial charge in [0.15, 0.2) is 9.84 Å². The molecule has 0 aromatic heterocycles. The Morgan fingerprint density at radius 1 is 1.00 bits per heavy atom. The SMILES string of the molecule is Cc1ccc(N2C[C@@H](C(=O)N(c3ccc(C)cc3)[C@@H]3C=CS(=O)(=O)C3)CC2=O)cc1. The molecule has 2 aromatic rings. The molecule has 30 heavy (non-hydrogen) atoms. The Labute approximate surface area is 176 Å². The molecule has 1 saturated heterocycles. The third-order valence-electron chi connectivity index (χ3n) is 5.61. The molecule has 0 spiro atoms. The van der Waals surface area contributed by atoms with Crippen molar-refractivity contribution in [1.29, 1.82) is 0 Å². The molecule has 2 amide bonds. The minimum atomic E-state index is -3.33. The van der Waals surface area contributed by atoms with Crippen LogP contribution in [0.5, 0.6) is 0 Å². The van der Waals surface area contributed by atoms with Gasteiger partial charge in [0.05, 0.1) is 17.7 Å². The molecule has 4 rings (SSSR count). The van der Waals surface area contributed by atoms with E-state index < -0.39 is 21.8 Å². The maximum atomic E-state index is 13.5. The second-order valence-corrected chi connectivity index (χ2v) is 9.94. The van der Waals surface area contributed by atoms with E-state index in [9.17, 15) is 18.0 Å². The number of rotatable bonds is 4. The molecule has 2 atom stereocenters. The number of nitrogens with zero attached hydrogens (tertiary/aromatic N) is 2. The summed E-state index contributed by atoms with van der Waals surface area (Å²) in [6, 6.07) is 14.5. The number of benzene rings is 2. The zero-order chi connectivity index (χ0) is 21.5. The fraction of sp³-hybridized carbons (Fsp3) is 0.304. The van der Waals surface area contributed by atoms with Crippen LogP contribution in [0.2, 0.25) is 0 Å². The number of sulfone groups is 1. The van der Waals surface area contributed by atoms with Crippen molar-refractivity contribution < 1.29 is 18.0 Å². The highest BCUT2D eigenvalue weighted by Gasteiger charge is 2.40. The molecule has 0 N–H and O–H groups in total. The maximum absolute atomic E-state index is 13.5. The average Bonchev–Trinajstić information content (AvgIpc) is 3.26. The van der Waals surface area contributed by atoms with Gasteiger partial charge in [-0.1, -0.05) is 35.4 Å². The number of aryl methyl sites for hydroxylation is 2. The van der Waals surface area contributed by atoms with Gasteiger partial charge in [0.2, 0.25) is 11.8 Å². The van der Waals surface area contributed by atoms with Gasteiger partial charge >= 0.3 is 0 Å². The minimum absolute atomic E-state index is 0.101. The standard InChI is InChI=1S/C23H24N2O4S/c1-16-3-7-19(8-4-16)24-14-18(13-22(24)26)23(27)25(20-9-5-17(2)6-10-20)21-11-12-30(28,29)15-21/h3-12,18,21H,13-15H2,1-2H3/t18-,21+/m0/s1. The van der Waals surface area contributed by atoms with Crippen LogP contribution >= 0.6 is 0 Å². The van der Waals surface area contributed by atoms with Gasteiger partial charge in [0, 0.05) is 29.7 Å². The normalized spacial score (nSPS) is 22.5. The summed E-state index contributed by atoms with van der Waals surface area (Å²) in [6.07, 6.45) is 1.67. The topological polar surface area (TPSA) is 74.8 Å². The number of amides is 2. The Hall–Kier alpha value is -2.93. The summed E-state index contributed by atoms with van der Waals surface area (Å²) in [5, 5.41) is 1.17. The Balaban J connectivity index is 1.62. The van der Waals surface area contributed by atoms with Gasteiger partial charge in [-0.2, -0.15) is 0 Å². The van der Waals surface area contributed by atoms with Crippen LogP contribution in [-0.4, -0.2) is 38.6 Å². The molecule has 0 radical (unpaired) electrons. The summed E-state index contributed by atoms with van der Waals surface area (Å²) in [5.74, 6) is -1.00. The average molecular weight is 425 g/mol. The molecule has 2 aliphatic rings. The van der Waals surface area contributed by atoms with E-state index in [-0.39, 0.29) is 30.5 Å². The van der Waals surface area contributed by atoms with E-state index in [1.807, 2.05) is 62.4 Å². The largest absolute Gasteiger partial charge is 0.312 e. The molecule has 1 fully saturated rings.